The minimum Gasteiger partial charge on any atom is -0.496 e. The lowest BCUT2D eigenvalue weighted by Gasteiger charge is -2.12. The molecule has 0 spiro atoms. The van der Waals surface area contributed by atoms with Gasteiger partial charge < -0.3 is 20.3 Å². The van der Waals surface area contributed by atoms with Crippen molar-refractivity contribution in [3.8, 4) is 39.1 Å². The molecule has 0 bridgehead atoms. The molecule has 252 valence electrons. The van der Waals surface area contributed by atoms with E-state index >= 15 is 0 Å². The van der Waals surface area contributed by atoms with E-state index in [1.165, 1.54) is 20.2 Å². The lowest BCUT2D eigenvalue weighted by atomic mass is 10.0. The van der Waals surface area contributed by atoms with Gasteiger partial charge in [0.15, 0.2) is 0 Å². The fourth-order valence-corrected chi connectivity index (χ4v) is 6.19. The molecule has 3 N–H and O–H groups in total. The monoisotopic (exact) mass is 754 g/mol. The Balaban J connectivity index is 0.000000223. The molecule has 0 amide bonds. The summed E-state index contributed by atoms with van der Waals surface area (Å²) in [4.78, 5) is 39.0. The number of benzene rings is 4. The number of nitrogens with two attached hydrogens (primary N) is 1. The molecule has 8 nitrogen and oxygen atoms in total. The third-order valence-electron chi connectivity index (χ3n) is 6.54. The molecule has 0 saturated carbocycles. The number of thiocarbonyl (C=S) groups is 1. The zero-order valence-corrected chi connectivity index (χ0v) is 30.4. The summed E-state index contributed by atoms with van der Waals surface area (Å²) in [6.45, 7) is 3.68. The number of ether oxygens (including phenoxy) is 2. The molecule has 5 aromatic rings. The van der Waals surface area contributed by atoms with Crippen molar-refractivity contribution >= 4 is 80.1 Å². The summed E-state index contributed by atoms with van der Waals surface area (Å²) in [7, 11) is 2.90. The highest BCUT2D eigenvalue weighted by atomic mass is 35.5. The maximum Gasteiger partial charge on any atom is 0.264 e. The second kappa shape index (κ2) is 18.3. The Morgan fingerprint density at radius 3 is 1.88 bits per heavy atom. The van der Waals surface area contributed by atoms with Crippen LogP contribution in [-0.4, -0.2) is 40.5 Å². The molecule has 0 aliphatic heterocycles. The average molecular weight is 756 g/mol. The molecule has 0 aliphatic carbocycles. The standard InChI is InChI=1S/C18H14ClNO3S.C11H8Cl2O3.C7H7NS/c1-10-8-12(19)14(13(9-10)23-2)15-16(21)20-17(24-18(15)22)11-6-4-3-5-7-11;1-6-3-8(12)10(9(4-6)16-2)7(5-14)11(13)15;8-7(9)6-4-2-1-3-5-6/h3-9,21H,1-2H3;3-4H,1-2H3;1-5H,(H2,8,9). The van der Waals surface area contributed by atoms with Crippen molar-refractivity contribution in [2.45, 2.75) is 13.8 Å². The highest BCUT2D eigenvalue weighted by molar-refractivity contribution is 7.80. The first-order chi connectivity index (χ1) is 23.3. The minimum absolute atomic E-state index is 0.0570. The maximum atomic E-state index is 12.6. The Morgan fingerprint density at radius 1 is 0.878 bits per heavy atom. The number of aryl methyl sites for hydroxylation is 2. The van der Waals surface area contributed by atoms with E-state index in [-0.39, 0.29) is 32.3 Å². The summed E-state index contributed by atoms with van der Waals surface area (Å²) in [6, 6.07) is 25.5. The summed E-state index contributed by atoms with van der Waals surface area (Å²) in [5.41, 5.74) is 9.03. The molecule has 1 aromatic heterocycles. The van der Waals surface area contributed by atoms with E-state index in [0.717, 1.165) is 33.6 Å². The number of methoxy groups -OCH3 is 2. The molecular weight excluding hydrogens is 727 g/mol. The van der Waals surface area contributed by atoms with Crippen molar-refractivity contribution in [2.24, 2.45) is 5.73 Å². The van der Waals surface area contributed by atoms with Crippen LogP contribution in [0.5, 0.6) is 17.4 Å². The van der Waals surface area contributed by atoms with Gasteiger partial charge in [-0.2, -0.15) is 0 Å². The van der Waals surface area contributed by atoms with Gasteiger partial charge in [-0.05, 0) is 60.8 Å². The Kier molecular flexibility index (Phi) is 14.5. The van der Waals surface area contributed by atoms with Crippen molar-refractivity contribution in [3.05, 3.63) is 127 Å². The first-order valence-corrected chi connectivity index (χ1v) is 16.5. The van der Waals surface area contributed by atoms with Crippen molar-refractivity contribution in [2.75, 3.05) is 14.2 Å². The van der Waals surface area contributed by atoms with Crippen LogP contribution in [0.3, 0.4) is 0 Å². The van der Waals surface area contributed by atoms with Crippen LogP contribution in [0.1, 0.15) is 22.3 Å². The molecule has 4 aromatic carbocycles. The second-order valence-electron chi connectivity index (χ2n) is 10.0. The number of aromatic hydroxyl groups is 1. The molecule has 0 aliphatic rings. The van der Waals surface area contributed by atoms with Crippen LogP contribution in [0, 0.1) is 13.8 Å². The van der Waals surface area contributed by atoms with Crippen molar-refractivity contribution in [1.82, 2.24) is 4.98 Å². The summed E-state index contributed by atoms with van der Waals surface area (Å²) < 4.78 is 10.0. The van der Waals surface area contributed by atoms with Crippen LogP contribution in [0.2, 0.25) is 10.0 Å². The van der Waals surface area contributed by atoms with Crippen LogP contribution in [0.15, 0.2) is 89.7 Å². The molecular formula is C36H29Cl3N2O6S2. The zero-order chi connectivity index (χ0) is 36.2. The molecule has 5 rings (SSSR count). The van der Waals surface area contributed by atoms with E-state index in [1.807, 2.05) is 74.5 Å². The SMILES string of the molecule is COc1cc(C)cc(Cl)c1-c1c(O)nc(-c2ccccc2)sc1=O.COc1cc(C)cc(Cl)c1C(=C=O)C(=O)Cl.NC(=S)c1ccccc1. The van der Waals surface area contributed by atoms with Crippen LogP contribution >= 0.6 is 58.4 Å². The molecule has 0 radical (unpaired) electrons. The number of halogens is 3. The Labute approximate surface area is 307 Å². The van der Waals surface area contributed by atoms with Gasteiger partial charge in [0.2, 0.25) is 10.6 Å². The highest BCUT2D eigenvalue weighted by Crippen LogP contribution is 2.40. The number of allylic oxidation sites excluding steroid dienone is 1. The quantitative estimate of drug-likeness (QED) is 0.0728. The average Bonchev–Trinajstić information content (AvgIpc) is 3.07. The number of rotatable bonds is 7. The van der Waals surface area contributed by atoms with E-state index < -0.39 is 5.24 Å². The number of carbonyl (C=O) groups excluding carboxylic acids is 2. The van der Waals surface area contributed by atoms with Gasteiger partial charge in [0.05, 0.1) is 35.4 Å². The molecule has 0 atom stereocenters. The van der Waals surface area contributed by atoms with Gasteiger partial charge in [-0.3, -0.25) is 9.59 Å². The predicted molar refractivity (Wildman–Crippen MR) is 202 cm³/mol. The van der Waals surface area contributed by atoms with Crippen LogP contribution < -0.4 is 19.9 Å². The zero-order valence-electron chi connectivity index (χ0n) is 26.5. The third-order valence-corrected chi connectivity index (χ3v) is 8.47. The van der Waals surface area contributed by atoms with Crippen LogP contribution in [0.4, 0.5) is 0 Å². The summed E-state index contributed by atoms with van der Waals surface area (Å²) in [5, 5.41) is 10.5. The van der Waals surface area contributed by atoms with E-state index in [1.54, 1.807) is 24.3 Å². The predicted octanol–water partition coefficient (Wildman–Crippen LogP) is 8.47. The van der Waals surface area contributed by atoms with Gasteiger partial charge in [-0.25, -0.2) is 9.78 Å². The Bertz CT molecular complexity index is 2090. The molecule has 0 saturated heterocycles. The highest BCUT2D eigenvalue weighted by Gasteiger charge is 2.22. The summed E-state index contributed by atoms with van der Waals surface area (Å²) in [5.74, 6) is 1.86. The largest absolute Gasteiger partial charge is 0.496 e. The molecule has 49 heavy (non-hydrogen) atoms. The Morgan fingerprint density at radius 2 is 1.41 bits per heavy atom. The molecule has 13 heteroatoms. The van der Waals surface area contributed by atoms with Gasteiger partial charge in [0.1, 0.15) is 38.6 Å². The van der Waals surface area contributed by atoms with Gasteiger partial charge in [0.25, 0.3) is 5.24 Å². The number of aromatic nitrogens is 1. The van der Waals surface area contributed by atoms with Crippen molar-refractivity contribution in [1.29, 1.82) is 0 Å². The van der Waals surface area contributed by atoms with E-state index in [2.05, 4.69) is 4.98 Å². The van der Waals surface area contributed by atoms with E-state index in [0.29, 0.717) is 32.1 Å². The fraction of sp³-hybridized carbons (Fsp3) is 0.111. The molecule has 1 heterocycles. The first-order valence-electron chi connectivity index (χ1n) is 14.1. The summed E-state index contributed by atoms with van der Waals surface area (Å²) >= 11 is 23.2. The summed E-state index contributed by atoms with van der Waals surface area (Å²) in [6.07, 6.45) is 0. The van der Waals surface area contributed by atoms with Crippen LogP contribution in [0.25, 0.3) is 27.3 Å². The normalized spacial score (nSPS) is 9.94. The van der Waals surface area contributed by atoms with Gasteiger partial charge >= 0.3 is 0 Å². The van der Waals surface area contributed by atoms with Crippen molar-refractivity contribution < 1.29 is 24.2 Å². The van der Waals surface area contributed by atoms with Crippen molar-refractivity contribution in [3.63, 3.8) is 0 Å². The topological polar surface area (TPSA) is 129 Å². The third kappa shape index (κ3) is 10.2. The lowest BCUT2D eigenvalue weighted by molar-refractivity contribution is -0.106. The van der Waals surface area contributed by atoms with Gasteiger partial charge in [0, 0.05) is 11.1 Å². The van der Waals surface area contributed by atoms with E-state index in [9.17, 15) is 19.5 Å². The van der Waals surface area contributed by atoms with Crippen LogP contribution in [-0.2, 0) is 9.59 Å². The minimum atomic E-state index is -0.918. The number of nitrogens with zero attached hydrogens (tertiary/aromatic N) is 1. The van der Waals surface area contributed by atoms with Gasteiger partial charge in [-0.1, -0.05) is 107 Å². The lowest BCUT2D eigenvalue weighted by Crippen LogP contribution is -2.08. The van der Waals surface area contributed by atoms with E-state index in [4.69, 9.17) is 62.2 Å². The molecule has 0 fully saturated rings. The number of hydrogen-bond acceptors (Lipinski definition) is 9. The fourth-order valence-electron chi connectivity index (χ4n) is 4.34. The smallest absolute Gasteiger partial charge is 0.264 e. The maximum absolute atomic E-state index is 12.6. The second-order valence-corrected chi connectivity index (χ2v) is 12.6. The van der Waals surface area contributed by atoms with Gasteiger partial charge in [-0.15, -0.1) is 0 Å². The Hall–Kier alpha value is -4.54. The number of hydrogen-bond donors (Lipinski definition) is 2. The first kappa shape index (κ1) is 38.9. The number of carbonyl (C=O) groups is 1. The molecule has 0 unspecified atom stereocenters.